The van der Waals surface area contributed by atoms with Gasteiger partial charge < -0.3 is 9.84 Å². The minimum absolute atomic E-state index is 0.190. The van der Waals surface area contributed by atoms with Gasteiger partial charge >= 0.3 is 0 Å². The highest BCUT2D eigenvalue weighted by Crippen LogP contribution is 2.24. The molecule has 0 radical (unpaired) electrons. The van der Waals surface area contributed by atoms with Gasteiger partial charge in [0.2, 0.25) is 0 Å². The van der Waals surface area contributed by atoms with E-state index in [0.29, 0.717) is 0 Å². The number of ether oxygens (including phenoxy) is 1. The minimum atomic E-state index is 0.190. The van der Waals surface area contributed by atoms with Crippen LogP contribution in [0.2, 0.25) is 0 Å². The standard InChI is InChI=1S/C12H18O2/c1-4-10-7-11(9(2)8-13)5-6-12(10)14-3/h5-7,9,13H,4,8H2,1-3H3. The topological polar surface area (TPSA) is 29.5 Å². The lowest BCUT2D eigenvalue weighted by Crippen LogP contribution is -2.00. The summed E-state index contributed by atoms with van der Waals surface area (Å²) in [6.45, 7) is 4.31. The van der Waals surface area contributed by atoms with Gasteiger partial charge in [0.25, 0.3) is 0 Å². The van der Waals surface area contributed by atoms with Crippen molar-refractivity contribution < 1.29 is 9.84 Å². The van der Waals surface area contributed by atoms with Crippen molar-refractivity contribution in [2.24, 2.45) is 0 Å². The van der Waals surface area contributed by atoms with E-state index >= 15 is 0 Å². The highest BCUT2D eigenvalue weighted by molar-refractivity contribution is 5.38. The predicted octanol–water partition coefficient (Wildman–Crippen LogP) is 2.35. The molecule has 0 fully saturated rings. The molecule has 0 spiro atoms. The zero-order chi connectivity index (χ0) is 10.6. The first kappa shape index (κ1) is 11.1. The van der Waals surface area contributed by atoms with Crippen LogP contribution in [0.5, 0.6) is 5.75 Å². The number of aliphatic hydroxyl groups is 1. The molecule has 2 nitrogen and oxygen atoms in total. The van der Waals surface area contributed by atoms with Gasteiger partial charge in [0, 0.05) is 12.5 Å². The van der Waals surface area contributed by atoms with Crippen molar-refractivity contribution in [1.29, 1.82) is 0 Å². The molecule has 2 heteroatoms. The first-order valence-electron chi connectivity index (χ1n) is 5.00. The third-order valence-electron chi connectivity index (χ3n) is 2.53. The first-order chi connectivity index (χ1) is 6.72. The smallest absolute Gasteiger partial charge is 0.122 e. The van der Waals surface area contributed by atoms with Crippen LogP contribution in [0.25, 0.3) is 0 Å². The lowest BCUT2D eigenvalue weighted by Gasteiger charge is -2.12. The predicted molar refractivity (Wildman–Crippen MR) is 57.9 cm³/mol. The molecular weight excluding hydrogens is 176 g/mol. The molecule has 1 unspecified atom stereocenters. The van der Waals surface area contributed by atoms with Crippen LogP contribution >= 0.6 is 0 Å². The Morgan fingerprint density at radius 1 is 1.43 bits per heavy atom. The van der Waals surface area contributed by atoms with E-state index in [-0.39, 0.29) is 12.5 Å². The molecule has 0 amide bonds. The molecule has 1 rings (SSSR count). The van der Waals surface area contributed by atoms with Gasteiger partial charge in [0.1, 0.15) is 5.75 Å². The van der Waals surface area contributed by atoms with E-state index in [4.69, 9.17) is 9.84 Å². The lowest BCUT2D eigenvalue weighted by atomic mass is 9.98. The van der Waals surface area contributed by atoms with Gasteiger partial charge in [-0.3, -0.25) is 0 Å². The summed E-state index contributed by atoms with van der Waals surface area (Å²) in [6, 6.07) is 6.10. The van der Waals surface area contributed by atoms with Crippen molar-refractivity contribution >= 4 is 0 Å². The van der Waals surface area contributed by atoms with E-state index in [0.717, 1.165) is 12.2 Å². The molecule has 1 aromatic carbocycles. The van der Waals surface area contributed by atoms with Crippen molar-refractivity contribution in [3.05, 3.63) is 29.3 Å². The molecular formula is C12H18O2. The molecule has 0 saturated heterocycles. The summed E-state index contributed by atoms with van der Waals surface area (Å²) < 4.78 is 5.24. The SMILES string of the molecule is CCc1cc(C(C)CO)ccc1OC. The lowest BCUT2D eigenvalue weighted by molar-refractivity contribution is 0.273. The largest absolute Gasteiger partial charge is 0.496 e. The number of hydrogen-bond acceptors (Lipinski definition) is 2. The number of aryl methyl sites for hydroxylation is 1. The number of aliphatic hydroxyl groups excluding tert-OH is 1. The minimum Gasteiger partial charge on any atom is -0.496 e. The van der Waals surface area contributed by atoms with E-state index in [1.165, 1.54) is 11.1 Å². The summed E-state index contributed by atoms with van der Waals surface area (Å²) in [5.41, 5.74) is 2.37. The number of hydrogen-bond donors (Lipinski definition) is 1. The summed E-state index contributed by atoms with van der Waals surface area (Å²) in [4.78, 5) is 0. The molecule has 0 aromatic heterocycles. The Morgan fingerprint density at radius 3 is 2.64 bits per heavy atom. The summed E-state index contributed by atoms with van der Waals surface area (Å²) in [7, 11) is 1.68. The fourth-order valence-electron chi connectivity index (χ4n) is 1.49. The van der Waals surface area contributed by atoms with Gasteiger partial charge in [0.05, 0.1) is 7.11 Å². The summed E-state index contributed by atoms with van der Waals surface area (Å²) >= 11 is 0. The van der Waals surface area contributed by atoms with Gasteiger partial charge in [-0.15, -0.1) is 0 Å². The second-order valence-electron chi connectivity index (χ2n) is 3.51. The monoisotopic (exact) mass is 194 g/mol. The second kappa shape index (κ2) is 5.01. The van der Waals surface area contributed by atoms with Gasteiger partial charge in [-0.2, -0.15) is 0 Å². The van der Waals surface area contributed by atoms with Crippen LogP contribution in [-0.4, -0.2) is 18.8 Å². The third-order valence-corrected chi connectivity index (χ3v) is 2.53. The van der Waals surface area contributed by atoms with Crippen molar-refractivity contribution in [3.8, 4) is 5.75 Å². The number of rotatable bonds is 4. The van der Waals surface area contributed by atoms with E-state index < -0.39 is 0 Å². The molecule has 0 heterocycles. The van der Waals surface area contributed by atoms with E-state index in [9.17, 15) is 0 Å². The quantitative estimate of drug-likeness (QED) is 0.797. The Labute approximate surface area is 85.5 Å². The molecule has 0 aliphatic carbocycles. The van der Waals surface area contributed by atoms with Crippen LogP contribution < -0.4 is 4.74 Å². The molecule has 1 atom stereocenters. The zero-order valence-corrected chi connectivity index (χ0v) is 9.08. The van der Waals surface area contributed by atoms with Gasteiger partial charge in [0.15, 0.2) is 0 Å². The Hall–Kier alpha value is -1.02. The number of benzene rings is 1. The third kappa shape index (κ3) is 2.26. The zero-order valence-electron chi connectivity index (χ0n) is 9.08. The van der Waals surface area contributed by atoms with Gasteiger partial charge in [-0.05, 0) is 23.6 Å². The average Bonchev–Trinajstić information content (AvgIpc) is 2.26. The Bertz CT molecular complexity index is 294. The van der Waals surface area contributed by atoms with Gasteiger partial charge in [-0.25, -0.2) is 0 Å². The van der Waals surface area contributed by atoms with Crippen LogP contribution in [0.1, 0.15) is 30.9 Å². The Balaban J connectivity index is 3.01. The van der Waals surface area contributed by atoms with Crippen LogP contribution in [0.4, 0.5) is 0 Å². The second-order valence-corrected chi connectivity index (χ2v) is 3.51. The van der Waals surface area contributed by atoms with E-state index in [2.05, 4.69) is 13.0 Å². The van der Waals surface area contributed by atoms with Gasteiger partial charge in [-0.1, -0.05) is 26.0 Å². The maximum absolute atomic E-state index is 9.05. The summed E-state index contributed by atoms with van der Waals surface area (Å²) in [5, 5.41) is 9.05. The molecule has 0 aliphatic rings. The molecule has 0 aliphatic heterocycles. The maximum Gasteiger partial charge on any atom is 0.122 e. The molecule has 1 aromatic rings. The highest BCUT2D eigenvalue weighted by atomic mass is 16.5. The first-order valence-corrected chi connectivity index (χ1v) is 5.00. The van der Waals surface area contributed by atoms with Crippen LogP contribution in [0.15, 0.2) is 18.2 Å². The fourth-order valence-corrected chi connectivity index (χ4v) is 1.49. The summed E-state index contributed by atoms with van der Waals surface area (Å²) in [5.74, 6) is 1.13. The molecule has 0 bridgehead atoms. The van der Waals surface area contributed by atoms with Crippen molar-refractivity contribution in [2.75, 3.05) is 13.7 Å². The van der Waals surface area contributed by atoms with Crippen molar-refractivity contribution in [3.63, 3.8) is 0 Å². The highest BCUT2D eigenvalue weighted by Gasteiger charge is 2.07. The Kier molecular flexibility index (Phi) is 3.96. The Morgan fingerprint density at radius 2 is 2.14 bits per heavy atom. The summed E-state index contributed by atoms with van der Waals surface area (Å²) in [6.07, 6.45) is 0.954. The van der Waals surface area contributed by atoms with Crippen LogP contribution in [0.3, 0.4) is 0 Å². The molecule has 78 valence electrons. The molecule has 14 heavy (non-hydrogen) atoms. The molecule has 0 saturated carbocycles. The van der Waals surface area contributed by atoms with E-state index in [1.807, 2.05) is 19.1 Å². The number of methoxy groups -OCH3 is 1. The average molecular weight is 194 g/mol. The fraction of sp³-hybridized carbons (Fsp3) is 0.500. The van der Waals surface area contributed by atoms with E-state index in [1.54, 1.807) is 7.11 Å². The van der Waals surface area contributed by atoms with Crippen LogP contribution in [-0.2, 0) is 6.42 Å². The normalized spacial score (nSPS) is 12.6. The van der Waals surface area contributed by atoms with Crippen LogP contribution in [0, 0.1) is 0 Å². The van der Waals surface area contributed by atoms with Crippen molar-refractivity contribution in [1.82, 2.24) is 0 Å². The maximum atomic E-state index is 9.05. The van der Waals surface area contributed by atoms with Crippen molar-refractivity contribution in [2.45, 2.75) is 26.2 Å². The molecule has 1 N–H and O–H groups in total.